The molecule has 0 unspecified atom stereocenters. The summed E-state index contributed by atoms with van der Waals surface area (Å²) in [6, 6.07) is 19.4. The van der Waals surface area contributed by atoms with Gasteiger partial charge in [0.1, 0.15) is 0 Å². The second-order valence-corrected chi connectivity index (χ2v) is 7.10. The van der Waals surface area contributed by atoms with Crippen molar-refractivity contribution in [3.05, 3.63) is 128 Å². The molecule has 0 aromatic heterocycles. The molecule has 0 spiro atoms. The lowest BCUT2D eigenvalue weighted by molar-refractivity contribution is 1.15. The van der Waals surface area contributed by atoms with Crippen molar-refractivity contribution in [1.82, 2.24) is 0 Å². The lowest BCUT2D eigenvalue weighted by Gasteiger charge is -2.27. The van der Waals surface area contributed by atoms with Crippen molar-refractivity contribution in [2.45, 2.75) is 13.8 Å². The van der Waals surface area contributed by atoms with Crippen LogP contribution in [0.3, 0.4) is 0 Å². The van der Waals surface area contributed by atoms with Gasteiger partial charge in [0.15, 0.2) is 0 Å². The van der Waals surface area contributed by atoms with Gasteiger partial charge >= 0.3 is 0 Å². The molecule has 3 aromatic rings. The summed E-state index contributed by atoms with van der Waals surface area (Å²) in [5.74, 6) is 0. The Morgan fingerprint density at radius 1 is 0.724 bits per heavy atom. The maximum absolute atomic E-state index is 4.04. The van der Waals surface area contributed by atoms with Gasteiger partial charge in [0.25, 0.3) is 0 Å². The number of nitrogens with zero attached hydrogens (tertiary/aromatic N) is 1. The summed E-state index contributed by atoms with van der Waals surface area (Å²) in [7, 11) is 0. The zero-order valence-corrected chi connectivity index (χ0v) is 17.2. The number of anilines is 1. The van der Waals surface area contributed by atoms with Gasteiger partial charge in [0.05, 0.1) is 0 Å². The molecule has 1 heteroatoms. The minimum absolute atomic E-state index is 0.938. The number of allylic oxidation sites excluding steroid dienone is 7. The molecule has 0 saturated carbocycles. The first kappa shape index (κ1) is 20.2. The van der Waals surface area contributed by atoms with Crippen LogP contribution in [-0.2, 0) is 0 Å². The van der Waals surface area contributed by atoms with Crippen molar-refractivity contribution in [1.29, 1.82) is 0 Å². The van der Waals surface area contributed by atoms with E-state index < -0.39 is 0 Å². The molecule has 0 heterocycles. The van der Waals surface area contributed by atoms with E-state index >= 15 is 0 Å². The van der Waals surface area contributed by atoms with Crippen molar-refractivity contribution < 1.29 is 0 Å². The Hall–Kier alpha value is -3.58. The highest BCUT2D eigenvalue weighted by molar-refractivity contribution is 6.08. The molecule has 0 fully saturated rings. The number of fused-ring (bicyclic) bond motifs is 3. The molecule has 0 atom stereocenters. The molecular formula is C28H27N. The van der Waals surface area contributed by atoms with Crippen LogP contribution in [0.4, 0.5) is 5.69 Å². The van der Waals surface area contributed by atoms with Crippen LogP contribution in [0.2, 0.25) is 0 Å². The molecule has 144 valence electrons. The van der Waals surface area contributed by atoms with Crippen molar-refractivity contribution in [2.24, 2.45) is 0 Å². The molecule has 3 aromatic carbocycles. The van der Waals surface area contributed by atoms with Gasteiger partial charge in [-0.05, 0) is 71.8 Å². The second-order valence-electron chi connectivity index (χ2n) is 7.10. The van der Waals surface area contributed by atoms with E-state index in [1.807, 2.05) is 18.2 Å². The first-order chi connectivity index (χ1) is 14.1. The van der Waals surface area contributed by atoms with Crippen molar-refractivity contribution in [3.63, 3.8) is 0 Å². The standard InChI is InChI=1S/C28H27N/c1-6-11-24(7-2)29(25(8-3)17-14-21(4)5)26-18-19-28-23(20-26)16-15-22-12-9-10-13-27(22)28/h6-20H,1-3H2,4-5H3/b24-11+,25-17+. The third-order valence-corrected chi connectivity index (χ3v) is 4.80. The molecule has 0 N–H and O–H groups in total. The lowest BCUT2D eigenvalue weighted by atomic mass is 10.0. The van der Waals surface area contributed by atoms with Crippen LogP contribution in [0.5, 0.6) is 0 Å². The van der Waals surface area contributed by atoms with E-state index in [-0.39, 0.29) is 0 Å². The van der Waals surface area contributed by atoms with Crippen molar-refractivity contribution in [2.75, 3.05) is 4.90 Å². The van der Waals surface area contributed by atoms with Gasteiger partial charge in [-0.15, -0.1) is 0 Å². The zero-order chi connectivity index (χ0) is 20.8. The fraction of sp³-hybridized carbons (Fsp3) is 0.0714. The average Bonchev–Trinajstić information content (AvgIpc) is 2.74. The Morgan fingerprint density at radius 2 is 1.38 bits per heavy atom. The molecule has 29 heavy (non-hydrogen) atoms. The summed E-state index contributed by atoms with van der Waals surface area (Å²) >= 11 is 0. The van der Waals surface area contributed by atoms with Gasteiger partial charge in [-0.2, -0.15) is 0 Å². The number of benzene rings is 3. The highest BCUT2D eigenvalue weighted by Gasteiger charge is 2.14. The quantitative estimate of drug-likeness (QED) is 0.297. The molecule has 1 nitrogen and oxygen atoms in total. The normalized spacial score (nSPS) is 11.9. The smallest absolute Gasteiger partial charge is 0.0468 e. The van der Waals surface area contributed by atoms with Gasteiger partial charge in [-0.1, -0.05) is 79.9 Å². The van der Waals surface area contributed by atoms with Crippen LogP contribution in [0.15, 0.2) is 128 Å². The lowest BCUT2D eigenvalue weighted by Crippen LogP contribution is -2.19. The largest absolute Gasteiger partial charge is 0.311 e. The van der Waals surface area contributed by atoms with Crippen LogP contribution in [-0.4, -0.2) is 0 Å². The summed E-state index contributed by atoms with van der Waals surface area (Å²) in [5, 5.41) is 4.95. The van der Waals surface area contributed by atoms with E-state index in [1.54, 1.807) is 6.08 Å². The van der Waals surface area contributed by atoms with Gasteiger partial charge in [0.2, 0.25) is 0 Å². The van der Waals surface area contributed by atoms with Crippen molar-refractivity contribution >= 4 is 27.2 Å². The maximum Gasteiger partial charge on any atom is 0.0468 e. The van der Waals surface area contributed by atoms with Gasteiger partial charge in [-0.3, -0.25) is 0 Å². The van der Waals surface area contributed by atoms with Crippen molar-refractivity contribution in [3.8, 4) is 0 Å². The number of rotatable bonds is 7. The maximum atomic E-state index is 4.04. The molecule has 0 aliphatic heterocycles. The summed E-state index contributed by atoms with van der Waals surface area (Å²) < 4.78 is 0. The van der Waals surface area contributed by atoms with Gasteiger partial charge in [0, 0.05) is 17.1 Å². The molecule has 3 rings (SSSR count). The summed E-state index contributed by atoms with van der Waals surface area (Å²) in [6.07, 6.45) is 11.6. The highest BCUT2D eigenvalue weighted by Crippen LogP contribution is 2.32. The van der Waals surface area contributed by atoms with E-state index in [1.165, 1.54) is 27.1 Å². The van der Waals surface area contributed by atoms with Crippen LogP contribution in [0, 0.1) is 0 Å². The molecule has 0 amide bonds. The fourth-order valence-electron chi connectivity index (χ4n) is 3.43. The first-order valence-corrected chi connectivity index (χ1v) is 9.73. The Labute approximate surface area is 174 Å². The van der Waals surface area contributed by atoms with Gasteiger partial charge < -0.3 is 4.90 Å². The fourth-order valence-corrected chi connectivity index (χ4v) is 3.43. The van der Waals surface area contributed by atoms with E-state index in [9.17, 15) is 0 Å². The first-order valence-electron chi connectivity index (χ1n) is 9.73. The van der Waals surface area contributed by atoms with E-state index in [2.05, 4.69) is 105 Å². The predicted octanol–water partition coefficient (Wildman–Crippen LogP) is 8.09. The minimum Gasteiger partial charge on any atom is -0.311 e. The Balaban J connectivity index is 2.24. The molecule has 0 aliphatic carbocycles. The molecule has 0 radical (unpaired) electrons. The topological polar surface area (TPSA) is 3.24 Å². The third-order valence-electron chi connectivity index (χ3n) is 4.80. The van der Waals surface area contributed by atoms with E-state index in [0.717, 1.165) is 17.1 Å². The third kappa shape index (κ3) is 4.30. The Morgan fingerprint density at radius 3 is 2.07 bits per heavy atom. The summed E-state index contributed by atoms with van der Waals surface area (Å²) in [5.41, 5.74) is 4.18. The summed E-state index contributed by atoms with van der Waals surface area (Å²) in [4.78, 5) is 2.15. The molecule has 0 bridgehead atoms. The molecular weight excluding hydrogens is 350 g/mol. The number of hydrogen-bond donors (Lipinski definition) is 0. The Kier molecular flexibility index (Phi) is 6.31. The summed E-state index contributed by atoms with van der Waals surface area (Å²) in [6.45, 7) is 16.1. The highest BCUT2D eigenvalue weighted by atomic mass is 15.1. The SMILES string of the molecule is C=C/C=C(\C=C)N(/C(C=C)=C/C=C(C)C)c1ccc2c(ccc3ccccc32)c1. The second kappa shape index (κ2) is 9.07. The molecule has 0 aliphatic rings. The monoisotopic (exact) mass is 377 g/mol. The average molecular weight is 378 g/mol. The predicted molar refractivity (Wildman–Crippen MR) is 130 cm³/mol. The zero-order valence-electron chi connectivity index (χ0n) is 17.2. The minimum atomic E-state index is 0.938. The van der Waals surface area contributed by atoms with E-state index in [4.69, 9.17) is 0 Å². The van der Waals surface area contributed by atoms with Crippen LogP contribution < -0.4 is 4.90 Å². The van der Waals surface area contributed by atoms with Crippen LogP contribution in [0.25, 0.3) is 21.5 Å². The number of hydrogen-bond acceptors (Lipinski definition) is 1. The Bertz CT molecular complexity index is 1170. The van der Waals surface area contributed by atoms with Crippen LogP contribution in [0.1, 0.15) is 13.8 Å². The van der Waals surface area contributed by atoms with E-state index in [0.29, 0.717) is 0 Å². The van der Waals surface area contributed by atoms with Gasteiger partial charge in [-0.25, -0.2) is 0 Å². The van der Waals surface area contributed by atoms with Crippen LogP contribution >= 0.6 is 0 Å². The molecule has 0 saturated heterocycles.